The predicted octanol–water partition coefficient (Wildman–Crippen LogP) is 6.75. The van der Waals surface area contributed by atoms with Crippen LogP contribution in [0.15, 0.2) is 0 Å². The van der Waals surface area contributed by atoms with E-state index < -0.39 is 12.2 Å². The zero-order valence-electron chi connectivity index (χ0n) is 27.4. The van der Waals surface area contributed by atoms with Crippen molar-refractivity contribution in [1.82, 2.24) is 0 Å². The molecule has 0 unspecified atom stereocenters. The molecule has 0 spiro atoms. The van der Waals surface area contributed by atoms with E-state index in [1.54, 1.807) is 13.8 Å². The zero-order chi connectivity index (χ0) is 30.6. The molecule has 0 aromatic heterocycles. The van der Waals surface area contributed by atoms with Gasteiger partial charge in [0.25, 0.3) is 0 Å². The summed E-state index contributed by atoms with van der Waals surface area (Å²) in [6, 6.07) is 0. The molecule has 5 rings (SSSR count). The van der Waals surface area contributed by atoms with Gasteiger partial charge < -0.3 is 18.9 Å². The second-order valence-corrected chi connectivity index (χ2v) is 15.2. The highest BCUT2D eigenvalue weighted by Crippen LogP contribution is 2.67. The number of rotatable bonds is 9. The van der Waals surface area contributed by atoms with Crippen molar-refractivity contribution in [2.24, 2.45) is 58.2 Å². The van der Waals surface area contributed by atoms with Crippen LogP contribution in [0.1, 0.15) is 113 Å². The SMILES string of the molecule is CCC(=O)O[C@H]1C[C@@H]2C(=O)OC[C@@H]3[C@H](CC[C@]4(C)[C@@H]([C@H](C)[C@H]5O[C@@H]5[C@@H](CC)C(C)C)CC[C@@H]34)[C@@]2(C)C[C@H]1OC(=O)CC. The second-order valence-electron chi connectivity index (χ2n) is 15.2. The van der Waals surface area contributed by atoms with Crippen LogP contribution in [-0.4, -0.2) is 48.9 Å². The normalized spacial score (nSPS) is 44.1. The van der Waals surface area contributed by atoms with Crippen molar-refractivity contribution >= 4 is 17.9 Å². The molecular formula is C35H56O7. The summed E-state index contributed by atoms with van der Waals surface area (Å²) < 4.78 is 24.2. The van der Waals surface area contributed by atoms with E-state index in [9.17, 15) is 14.4 Å². The van der Waals surface area contributed by atoms with Crippen molar-refractivity contribution < 1.29 is 33.3 Å². The van der Waals surface area contributed by atoms with Crippen molar-refractivity contribution in [3.8, 4) is 0 Å². The molecule has 0 aromatic carbocycles. The third-order valence-corrected chi connectivity index (χ3v) is 13.0. The van der Waals surface area contributed by atoms with Gasteiger partial charge >= 0.3 is 17.9 Å². The van der Waals surface area contributed by atoms with Gasteiger partial charge in [-0.1, -0.05) is 61.8 Å². The zero-order valence-corrected chi connectivity index (χ0v) is 27.4. The molecule has 3 aliphatic carbocycles. The molecule has 238 valence electrons. The summed E-state index contributed by atoms with van der Waals surface area (Å²) in [6.07, 6.45) is 6.68. The van der Waals surface area contributed by atoms with E-state index in [1.807, 2.05) is 0 Å². The summed E-state index contributed by atoms with van der Waals surface area (Å²) in [5, 5.41) is 0. The maximum absolute atomic E-state index is 13.6. The molecule has 5 aliphatic rings. The van der Waals surface area contributed by atoms with Crippen molar-refractivity contribution in [3.63, 3.8) is 0 Å². The van der Waals surface area contributed by atoms with Gasteiger partial charge in [0.15, 0.2) is 0 Å². The lowest BCUT2D eigenvalue weighted by Crippen LogP contribution is -2.56. The van der Waals surface area contributed by atoms with Gasteiger partial charge in [0, 0.05) is 19.3 Å². The molecule has 0 bridgehead atoms. The largest absolute Gasteiger partial charge is 0.465 e. The first-order valence-corrected chi connectivity index (χ1v) is 17.1. The third kappa shape index (κ3) is 5.43. The van der Waals surface area contributed by atoms with Crippen LogP contribution >= 0.6 is 0 Å². The van der Waals surface area contributed by atoms with Crippen molar-refractivity contribution in [1.29, 1.82) is 0 Å². The Morgan fingerprint density at radius 2 is 1.55 bits per heavy atom. The van der Waals surface area contributed by atoms with Crippen molar-refractivity contribution in [3.05, 3.63) is 0 Å². The minimum atomic E-state index is -0.620. The minimum absolute atomic E-state index is 0.178. The third-order valence-electron chi connectivity index (χ3n) is 13.0. The molecule has 42 heavy (non-hydrogen) atoms. The van der Waals surface area contributed by atoms with Crippen LogP contribution in [0.25, 0.3) is 0 Å². The Labute approximate surface area is 253 Å². The first-order chi connectivity index (χ1) is 19.9. The lowest BCUT2D eigenvalue weighted by molar-refractivity contribution is -0.190. The topological polar surface area (TPSA) is 91.4 Å². The van der Waals surface area contributed by atoms with Crippen LogP contribution in [0.4, 0.5) is 0 Å². The fraction of sp³-hybridized carbons (Fsp3) is 0.914. The summed E-state index contributed by atoms with van der Waals surface area (Å²) in [5.41, 5.74) is -0.186. The Morgan fingerprint density at radius 3 is 2.17 bits per heavy atom. The molecule has 0 aromatic rings. The lowest BCUT2D eigenvalue weighted by atomic mass is 9.48. The Morgan fingerprint density at radius 1 is 0.905 bits per heavy atom. The van der Waals surface area contributed by atoms with Gasteiger partial charge in [-0.2, -0.15) is 0 Å². The van der Waals surface area contributed by atoms with Gasteiger partial charge in [-0.15, -0.1) is 0 Å². The van der Waals surface area contributed by atoms with E-state index in [0.29, 0.717) is 67.2 Å². The molecule has 2 aliphatic heterocycles. The van der Waals surface area contributed by atoms with Gasteiger partial charge in [-0.05, 0) is 84.4 Å². The maximum Gasteiger partial charge on any atom is 0.309 e. The van der Waals surface area contributed by atoms with Gasteiger partial charge in [-0.25, -0.2) is 0 Å². The number of carbonyl (C=O) groups excluding carboxylic acids is 3. The van der Waals surface area contributed by atoms with Crippen LogP contribution in [0.3, 0.4) is 0 Å². The van der Waals surface area contributed by atoms with Crippen LogP contribution in [0, 0.1) is 58.2 Å². The van der Waals surface area contributed by atoms with E-state index in [0.717, 1.165) is 25.7 Å². The number of hydrogen-bond acceptors (Lipinski definition) is 7. The molecule has 0 amide bonds. The minimum Gasteiger partial charge on any atom is -0.465 e. The molecule has 13 atom stereocenters. The van der Waals surface area contributed by atoms with Crippen LogP contribution in [-0.2, 0) is 33.3 Å². The number of esters is 3. The second kappa shape index (κ2) is 12.0. The first-order valence-electron chi connectivity index (χ1n) is 17.1. The number of cyclic esters (lactones) is 1. The Balaban J connectivity index is 1.38. The summed E-state index contributed by atoms with van der Waals surface area (Å²) in [5.74, 6) is 2.27. The molecule has 7 nitrogen and oxygen atoms in total. The highest BCUT2D eigenvalue weighted by Gasteiger charge is 2.65. The highest BCUT2D eigenvalue weighted by atomic mass is 16.6. The summed E-state index contributed by atoms with van der Waals surface area (Å²) in [4.78, 5) is 38.4. The van der Waals surface area contributed by atoms with Crippen LogP contribution < -0.4 is 0 Å². The first kappa shape index (κ1) is 31.8. The highest BCUT2D eigenvalue weighted by molar-refractivity contribution is 5.75. The number of fused-ring (bicyclic) bond motifs is 5. The average Bonchev–Trinajstić information content (AvgIpc) is 3.66. The lowest BCUT2D eigenvalue weighted by Gasteiger charge is -2.56. The molecule has 5 fully saturated rings. The standard InChI is InChI=1S/C35H56O7/c1-9-21(19(4)5)32-31(42-32)20(6)23-12-13-24-22-18-39-33(38)26-16-27(40-29(36)10-2)28(41-30(37)11-3)17-35(26,8)25(22)14-15-34(23,24)7/h19-28,31-32H,9-18H2,1-8H3/t20-,21-,22-,23+,24-,25-,26+,27-,28+,31+,32+,34+,35+/m0/s1. The molecule has 3 saturated carbocycles. The number of hydrogen-bond donors (Lipinski definition) is 0. The molecule has 0 N–H and O–H groups in total. The number of epoxide rings is 1. The van der Waals surface area contributed by atoms with Crippen molar-refractivity contribution in [2.45, 2.75) is 138 Å². The van der Waals surface area contributed by atoms with Gasteiger partial charge in [0.1, 0.15) is 12.2 Å². The predicted molar refractivity (Wildman–Crippen MR) is 159 cm³/mol. The number of ether oxygens (including phenoxy) is 4. The number of carbonyl (C=O) groups is 3. The molecule has 0 radical (unpaired) electrons. The average molecular weight is 589 g/mol. The van der Waals surface area contributed by atoms with Gasteiger partial charge in [0.2, 0.25) is 0 Å². The molecule has 7 heteroatoms. The Kier molecular flexibility index (Phi) is 9.12. The van der Waals surface area contributed by atoms with E-state index in [1.165, 1.54) is 6.42 Å². The van der Waals surface area contributed by atoms with E-state index >= 15 is 0 Å². The van der Waals surface area contributed by atoms with Gasteiger partial charge in [0.05, 0.1) is 24.7 Å². The molecule has 2 heterocycles. The molecule has 2 saturated heterocycles. The monoisotopic (exact) mass is 588 g/mol. The van der Waals surface area contributed by atoms with Crippen molar-refractivity contribution in [2.75, 3.05) is 6.61 Å². The van der Waals surface area contributed by atoms with E-state index in [4.69, 9.17) is 18.9 Å². The Bertz CT molecular complexity index is 1020. The molecular weight excluding hydrogens is 532 g/mol. The fourth-order valence-electron chi connectivity index (χ4n) is 10.6. The summed E-state index contributed by atoms with van der Waals surface area (Å²) in [6.45, 7) is 18.1. The van der Waals surface area contributed by atoms with Crippen LogP contribution in [0.2, 0.25) is 0 Å². The maximum atomic E-state index is 13.6. The van der Waals surface area contributed by atoms with Gasteiger partial charge in [-0.3, -0.25) is 14.4 Å². The Hall–Kier alpha value is -1.63. The summed E-state index contributed by atoms with van der Waals surface area (Å²) in [7, 11) is 0. The quantitative estimate of drug-likeness (QED) is 0.167. The van der Waals surface area contributed by atoms with E-state index in [-0.39, 0.29) is 53.4 Å². The fourth-order valence-corrected chi connectivity index (χ4v) is 10.6. The summed E-state index contributed by atoms with van der Waals surface area (Å²) >= 11 is 0. The van der Waals surface area contributed by atoms with Crippen LogP contribution in [0.5, 0.6) is 0 Å². The van der Waals surface area contributed by atoms with E-state index in [2.05, 4.69) is 41.5 Å². The smallest absolute Gasteiger partial charge is 0.309 e.